The largest absolute Gasteiger partial charge is 0.380 e. The first kappa shape index (κ1) is 22.1. The molecule has 0 aromatic heterocycles. The molecule has 6 nitrogen and oxygen atoms in total. The zero-order valence-electron chi connectivity index (χ0n) is 18.1. The molecule has 0 aliphatic carbocycles. The van der Waals surface area contributed by atoms with Gasteiger partial charge in [-0.25, -0.2) is 4.99 Å². The maximum atomic E-state index is 6.15. The summed E-state index contributed by atoms with van der Waals surface area (Å²) >= 11 is 0. The lowest BCUT2D eigenvalue weighted by atomic mass is 10.1. The van der Waals surface area contributed by atoms with E-state index in [0.29, 0.717) is 25.4 Å². The highest BCUT2D eigenvalue weighted by Gasteiger charge is 2.23. The molecule has 0 radical (unpaired) electrons. The molecule has 1 aromatic rings. The molecule has 1 N–H and O–H groups in total. The quantitative estimate of drug-likeness (QED) is 0.533. The van der Waals surface area contributed by atoms with Crippen LogP contribution in [0.2, 0.25) is 0 Å². The van der Waals surface area contributed by atoms with Gasteiger partial charge in [0.25, 0.3) is 0 Å². The summed E-state index contributed by atoms with van der Waals surface area (Å²) in [6.07, 6.45) is 6.32. The van der Waals surface area contributed by atoms with Crippen molar-refractivity contribution in [2.75, 3.05) is 40.0 Å². The van der Waals surface area contributed by atoms with E-state index < -0.39 is 0 Å². The smallest absolute Gasteiger partial charge is 0.194 e. The van der Waals surface area contributed by atoms with E-state index in [0.717, 1.165) is 58.1 Å². The number of ether oxygens (including phenoxy) is 3. The minimum Gasteiger partial charge on any atom is -0.380 e. The predicted octanol–water partition coefficient (Wildman–Crippen LogP) is 3.35. The second-order valence-corrected chi connectivity index (χ2v) is 7.93. The maximum Gasteiger partial charge on any atom is 0.194 e. The second kappa shape index (κ2) is 12.2. The summed E-state index contributed by atoms with van der Waals surface area (Å²) in [7, 11) is 1.73. The first-order valence-electron chi connectivity index (χ1n) is 11.1. The van der Waals surface area contributed by atoms with Crippen LogP contribution in [0.15, 0.2) is 29.3 Å². The summed E-state index contributed by atoms with van der Waals surface area (Å²) in [6.45, 7) is 7.90. The number of aliphatic imine (C=N–C) groups is 1. The lowest BCUT2D eigenvalue weighted by molar-refractivity contribution is -0.0721. The standard InChI is InChI=1S/C23H37N3O3/c1-3-24-23(25-16-19-7-6-8-20(15-19)17-27-2)26-12-10-21(11-13-26)29-18-22-9-4-5-14-28-22/h6-8,15,21-22H,3-5,9-14,16-18H2,1-2H3,(H,24,25). The van der Waals surface area contributed by atoms with Gasteiger partial charge in [0.2, 0.25) is 0 Å². The van der Waals surface area contributed by atoms with Crippen LogP contribution < -0.4 is 5.32 Å². The van der Waals surface area contributed by atoms with E-state index in [-0.39, 0.29) is 0 Å². The highest BCUT2D eigenvalue weighted by atomic mass is 16.5. The van der Waals surface area contributed by atoms with Crippen molar-refractivity contribution in [1.82, 2.24) is 10.2 Å². The number of benzene rings is 1. The average Bonchev–Trinajstić information content (AvgIpc) is 2.77. The minimum absolute atomic E-state index is 0.300. The first-order valence-corrected chi connectivity index (χ1v) is 11.1. The van der Waals surface area contributed by atoms with E-state index in [9.17, 15) is 0 Å². The van der Waals surface area contributed by atoms with Crippen molar-refractivity contribution in [1.29, 1.82) is 0 Å². The molecule has 2 saturated heterocycles. The van der Waals surface area contributed by atoms with Crippen molar-refractivity contribution in [3.63, 3.8) is 0 Å². The van der Waals surface area contributed by atoms with Crippen molar-refractivity contribution in [2.45, 2.75) is 64.4 Å². The zero-order chi connectivity index (χ0) is 20.3. The first-order chi connectivity index (χ1) is 14.3. The fourth-order valence-corrected chi connectivity index (χ4v) is 3.99. The zero-order valence-corrected chi connectivity index (χ0v) is 18.1. The second-order valence-electron chi connectivity index (χ2n) is 7.93. The Morgan fingerprint density at radius 2 is 2.03 bits per heavy atom. The molecule has 1 unspecified atom stereocenters. The highest BCUT2D eigenvalue weighted by Crippen LogP contribution is 2.18. The lowest BCUT2D eigenvalue weighted by Crippen LogP contribution is -2.47. The Labute approximate surface area is 175 Å². The van der Waals surface area contributed by atoms with Gasteiger partial charge < -0.3 is 24.4 Å². The van der Waals surface area contributed by atoms with Crippen molar-refractivity contribution in [3.05, 3.63) is 35.4 Å². The van der Waals surface area contributed by atoms with E-state index in [1.54, 1.807) is 7.11 Å². The number of rotatable bonds is 8. The number of nitrogens with zero attached hydrogens (tertiary/aromatic N) is 2. The normalized spacial score (nSPS) is 21.4. The highest BCUT2D eigenvalue weighted by molar-refractivity contribution is 5.80. The van der Waals surface area contributed by atoms with Crippen LogP contribution in [-0.2, 0) is 27.4 Å². The molecule has 1 atom stereocenters. The predicted molar refractivity (Wildman–Crippen MR) is 116 cm³/mol. The molecule has 0 bridgehead atoms. The van der Waals surface area contributed by atoms with E-state index in [1.807, 2.05) is 0 Å². The Hall–Kier alpha value is -1.63. The number of guanidine groups is 1. The third-order valence-electron chi connectivity index (χ3n) is 5.58. The number of hydrogen-bond acceptors (Lipinski definition) is 4. The van der Waals surface area contributed by atoms with Gasteiger partial charge >= 0.3 is 0 Å². The van der Waals surface area contributed by atoms with Gasteiger partial charge in [-0.05, 0) is 50.2 Å². The molecule has 2 aliphatic rings. The Balaban J connectivity index is 1.48. The Morgan fingerprint density at radius 1 is 1.21 bits per heavy atom. The van der Waals surface area contributed by atoms with E-state index in [4.69, 9.17) is 19.2 Å². The molecule has 0 amide bonds. The third-order valence-corrected chi connectivity index (χ3v) is 5.58. The molecule has 6 heteroatoms. The Bertz CT molecular complexity index is 624. The fraction of sp³-hybridized carbons (Fsp3) is 0.696. The SMILES string of the molecule is CCNC(=NCc1cccc(COC)c1)N1CCC(OCC2CCCCO2)CC1. The van der Waals surface area contributed by atoms with Gasteiger partial charge in [0.1, 0.15) is 0 Å². The van der Waals surface area contributed by atoms with Crippen LogP contribution in [0, 0.1) is 0 Å². The van der Waals surface area contributed by atoms with Crippen LogP contribution in [0.1, 0.15) is 50.2 Å². The summed E-state index contributed by atoms with van der Waals surface area (Å²) in [5.74, 6) is 0.999. The molecule has 0 spiro atoms. The van der Waals surface area contributed by atoms with Crippen molar-refractivity contribution in [2.24, 2.45) is 4.99 Å². The van der Waals surface area contributed by atoms with Crippen molar-refractivity contribution >= 4 is 5.96 Å². The Kier molecular flexibility index (Phi) is 9.25. The number of likely N-dealkylation sites (tertiary alicyclic amines) is 1. The molecule has 3 rings (SSSR count). The number of piperidine rings is 1. The molecule has 2 heterocycles. The molecular weight excluding hydrogens is 366 g/mol. The molecular formula is C23H37N3O3. The van der Waals surface area contributed by atoms with E-state index >= 15 is 0 Å². The molecule has 162 valence electrons. The van der Waals surface area contributed by atoms with Crippen LogP contribution in [-0.4, -0.2) is 63.0 Å². The monoisotopic (exact) mass is 403 g/mol. The molecule has 29 heavy (non-hydrogen) atoms. The third kappa shape index (κ3) is 7.28. The summed E-state index contributed by atoms with van der Waals surface area (Å²) in [4.78, 5) is 7.24. The van der Waals surface area contributed by atoms with E-state index in [1.165, 1.54) is 24.0 Å². The summed E-state index contributed by atoms with van der Waals surface area (Å²) in [5, 5.41) is 3.45. The van der Waals surface area contributed by atoms with Gasteiger partial charge in [-0.1, -0.05) is 24.3 Å². The van der Waals surface area contributed by atoms with Gasteiger partial charge in [0.05, 0.1) is 32.0 Å². The van der Waals surface area contributed by atoms with Gasteiger partial charge in [-0.15, -0.1) is 0 Å². The van der Waals surface area contributed by atoms with Crippen LogP contribution in [0.4, 0.5) is 0 Å². The van der Waals surface area contributed by atoms with Crippen molar-refractivity contribution < 1.29 is 14.2 Å². The molecule has 2 aliphatic heterocycles. The summed E-state index contributed by atoms with van der Waals surface area (Å²) in [6, 6.07) is 8.46. The van der Waals surface area contributed by atoms with Gasteiger partial charge in [0.15, 0.2) is 5.96 Å². The minimum atomic E-state index is 0.300. The maximum absolute atomic E-state index is 6.15. The van der Waals surface area contributed by atoms with Crippen molar-refractivity contribution in [3.8, 4) is 0 Å². The molecule has 1 aromatic carbocycles. The van der Waals surface area contributed by atoms with Crippen LogP contribution in [0.25, 0.3) is 0 Å². The van der Waals surface area contributed by atoms with Crippen LogP contribution in [0.3, 0.4) is 0 Å². The van der Waals surface area contributed by atoms with Crippen LogP contribution >= 0.6 is 0 Å². The number of hydrogen-bond donors (Lipinski definition) is 1. The average molecular weight is 404 g/mol. The van der Waals surface area contributed by atoms with E-state index in [2.05, 4.69) is 41.4 Å². The van der Waals surface area contributed by atoms with Gasteiger partial charge in [-0.2, -0.15) is 0 Å². The fourth-order valence-electron chi connectivity index (χ4n) is 3.99. The lowest BCUT2D eigenvalue weighted by Gasteiger charge is -2.35. The number of methoxy groups -OCH3 is 1. The van der Waals surface area contributed by atoms with Gasteiger partial charge in [0, 0.05) is 33.4 Å². The van der Waals surface area contributed by atoms with Gasteiger partial charge in [-0.3, -0.25) is 0 Å². The molecule has 2 fully saturated rings. The summed E-state index contributed by atoms with van der Waals surface area (Å²) < 4.78 is 17.2. The Morgan fingerprint density at radius 3 is 2.76 bits per heavy atom. The molecule has 0 saturated carbocycles. The van der Waals surface area contributed by atoms with Crippen LogP contribution in [0.5, 0.6) is 0 Å². The number of nitrogens with one attached hydrogen (secondary N) is 1. The summed E-state index contributed by atoms with van der Waals surface area (Å²) in [5.41, 5.74) is 2.39. The topological polar surface area (TPSA) is 55.3 Å².